The highest BCUT2D eigenvalue weighted by molar-refractivity contribution is 6.30. The number of furan rings is 1. The second kappa shape index (κ2) is 6.42. The first-order chi connectivity index (χ1) is 11.9. The molecule has 2 heterocycles. The zero-order chi connectivity index (χ0) is 18.1. The van der Waals surface area contributed by atoms with Gasteiger partial charge in [-0.2, -0.15) is 5.26 Å². The highest BCUT2D eigenvalue weighted by atomic mass is 35.5. The topological polar surface area (TPSA) is 74.3 Å². The first-order valence-corrected chi connectivity index (χ1v) is 7.81. The predicted octanol–water partition coefficient (Wildman–Crippen LogP) is 3.82. The molecule has 0 N–H and O–H groups in total. The molecule has 1 aliphatic heterocycles. The van der Waals surface area contributed by atoms with Crippen molar-refractivity contribution in [2.45, 2.75) is 6.92 Å². The number of imide groups is 1. The molecule has 25 heavy (non-hydrogen) atoms. The molecule has 0 bridgehead atoms. The third-order valence-corrected chi connectivity index (χ3v) is 4.20. The van der Waals surface area contributed by atoms with Crippen molar-refractivity contribution in [1.29, 1.82) is 5.26 Å². The summed E-state index contributed by atoms with van der Waals surface area (Å²) in [5, 5.41) is 9.76. The van der Waals surface area contributed by atoms with Crippen LogP contribution < -0.4 is 0 Å². The predicted molar refractivity (Wildman–Crippen MR) is 93.2 cm³/mol. The lowest BCUT2D eigenvalue weighted by Crippen LogP contribution is -2.39. The molecule has 0 fully saturated rings. The molecule has 0 unspecified atom stereocenters. The number of nitriles is 1. The van der Waals surface area contributed by atoms with Crippen molar-refractivity contribution in [2.24, 2.45) is 0 Å². The molecule has 3 rings (SSSR count). The van der Waals surface area contributed by atoms with Crippen LogP contribution in [0.5, 0.6) is 0 Å². The van der Waals surface area contributed by atoms with Gasteiger partial charge in [0.25, 0.3) is 11.8 Å². The Morgan fingerprint density at radius 2 is 1.96 bits per heavy atom. The molecule has 1 aromatic carbocycles. The van der Waals surface area contributed by atoms with E-state index in [1.54, 1.807) is 31.2 Å². The van der Waals surface area contributed by atoms with Gasteiger partial charge in [0.05, 0.1) is 0 Å². The van der Waals surface area contributed by atoms with Crippen LogP contribution in [0.15, 0.2) is 57.5 Å². The van der Waals surface area contributed by atoms with Gasteiger partial charge in [0, 0.05) is 23.2 Å². The summed E-state index contributed by atoms with van der Waals surface area (Å²) >= 11 is 5.98. The van der Waals surface area contributed by atoms with Crippen LogP contribution in [0.25, 0.3) is 17.4 Å². The number of carbonyl (C=O) groups is 2. The summed E-state index contributed by atoms with van der Waals surface area (Å²) in [5.74, 6) is -0.0229. The van der Waals surface area contributed by atoms with E-state index in [2.05, 4.69) is 0 Å². The van der Waals surface area contributed by atoms with Gasteiger partial charge in [-0.05, 0) is 42.8 Å². The zero-order valence-electron chi connectivity index (χ0n) is 13.5. The average Bonchev–Trinajstić information content (AvgIpc) is 3.06. The van der Waals surface area contributed by atoms with Crippen LogP contribution >= 0.6 is 11.6 Å². The summed E-state index contributed by atoms with van der Waals surface area (Å²) in [6.07, 6.45) is 1.53. The summed E-state index contributed by atoms with van der Waals surface area (Å²) in [7, 11) is 1.35. The SMILES string of the molecule is CC1=C(C#N)C(=O)N(C)C(=O)/C1=C/c1ccc(-c2cccc(Cl)c2)o1. The summed E-state index contributed by atoms with van der Waals surface area (Å²) < 4.78 is 5.76. The Hall–Kier alpha value is -3.10. The fourth-order valence-electron chi connectivity index (χ4n) is 2.57. The maximum Gasteiger partial charge on any atom is 0.271 e. The molecule has 0 radical (unpaired) electrons. The molecule has 2 amide bonds. The van der Waals surface area contributed by atoms with Gasteiger partial charge >= 0.3 is 0 Å². The first kappa shape index (κ1) is 16.7. The van der Waals surface area contributed by atoms with Gasteiger partial charge in [-0.3, -0.25) is 14.5 Å². The van der Waals surface area contributed by atoms with Crippen molar-refractivity contribution in [3.05, 3.63) is 63.9 Å². The quantitative estimate of drug-likeness (QED) is 0.608. The van der Waals surface area contributed by atoms with E-state index in [1.165, 1.54) is 13.1 Å². The van der Waals surface area contributed by atoms with Gasteiger partial charge in [-0.15, -0.1) is 0 Å². The molecule has 5 nitrogen and oxygen atoms in total. The number of nitrogens with zero attached hydrogens (tertiary/aromatic N) is 2. The Morgan fingerprint density at radius 3 is 2.64 bits per heavy atom. The van der Waals surface area contributed by atoms with E-state index in [9.17, 15) is 9.59 Å². The van der Waals surface area contributed by atoms with Crippen LogP contribution in [0, 0.1) is 11.3 Å². The lowest BCUT2D eigenvalue weighted by Gasteiger charge is -2.23. The molecule has 0 aliphatic carbocycles. The van der Waals surface area contributed by atoms with E-state index in [4.69, 9.17) is 21.3 Å². The van der Waals surface area contributed by atoms with Gasteiger partial charge in [-0.1, -0.05) is 23.7 Å². The second-order valence-electron chi connectivity index (χ2n) is 5.55. The van der Waals surface area contributed by atoms with E-state index in [0.29, 0.717) is 22.1 Å². The molecule has 6 heteroatoms. The number of hydrogen-bond acceptors (Lipinski definition) is 4. The Morgan fingerprint density at radius 1 is 1.20 bits per heavy atom. The smallest absolute Gasteiger partial charge is 0.271 e. The van der Waals surface area contributed by atoms with E-state index < -0.39 is 11.8 Å². The van der Waals surface area contributed by atoms with Crippen molar-refractivity contribution >= 4 is 29.5 Å². The first-order valence-electron chi connectivity index (χ1n) is 7.43. The van der Waals surface area contributed by atoms with Gasteiger partial charge in [0.2, 0.25) is 0 Å². The molecular formula is C19H13ClN2O3. The monoisotopic (exact) mass is 352 g/mol. The van der Waals surface area contributed by atoms with Gasteiger partial charge in [0.1, 0.15) is 23.2 Å². The number of benzene rings is 1. The highest BCUT2D eigenvalue weighted by Crippen LogP contribution is 2.29. The lowest BCUT2D eigenvalue weighted by molar-refractivity contribution is -0.138. The number of hydrogen-bond donors (Lipinski definition) is 0. The molecule has 1 aliphatic rings. The van der Waals surface area contributed by atoms with E-state index >= 15 is 0 Å². The van der Waals surface area contributed by atoms with Crippen LogP contribution in [0.1, 0.15) is 12.7 Å². The minimum atomic E-state index is -0.596. The molecule has 0 spiro atoms. The van der Waals surface area contributed by atoms with Crippen molar-refractivity contribution in [3.63, 3.8) is 0 Å². The molecule has 2 aromatic rings. The number of rotatable bonds is 2. The molecule has 0 atom stereocenters. The summed E-state index contributed by atoms with van der Waals surface area (Å²) in [6, 6.07) is 12.6. The third kappa shape index (κ3) is 3.00. The van der Waals surface area contributed by atoms with Crippen LogP contribution in [-0.4, -0.2) is 23.8 Å². The van der Waals surface area contributed by atoms with Crippen LogP contribution in [0.4, 0.5) is 0 Å². The van der Waals surface area contributed by atoms with Crippen molar-refractivity contribution in [2.75, 3.05) is 7.05 Å². The minimum Gasteiger partial charge on any atom is -0.457 e. The fourth-order valence-corrected chi connectivity index (χ4v) is 2.76. The Kier molecular flexibility index (Phi) is 4.30. The maximum absolute atomic E-state index is 12.4. The Labute approximate surface area is 149 Å². The molecule has 0 saturated heterocycles. The molecule has 1 aromatic heterocycles. The fraction of sp³-hybridized carbons (Fsp3) is 0.105. The van der Waals surface area contributed by atoms with Crippen LogP contribution in [-0.2, 0) is 9.59 Å². The average molecular weight is 353 g/mol. The molecule has 0 saturated carbocycles. The van der Waals surface area contributed by atoms with Crippen LogP contribution in [0.2, 0.25) is 5.02 Å². The number of likely N-dealkylation sites (N-methyl/N-ethyl adjacent to an activating group) is 1. The third-order valence-electron chi connectivity index (χ3n) is 3.97. The molecule has 124 valence electrons. The maximum atomic E-state index is 12.4. The summed E-state index contributed by atoms with van der Waals surface area (Å²) in [5.41, 5.74) is 1.36. The van der Waals surface area contributed by atoms with Crippen molar-refractivity contribution < 1.29 is 14.0 Å². The minimum absolute atomic E-state index is 0.0463. The lowest BCUT2D eigenvalue weighted by atomic mass is 9.95. The highest BCUT2D eigenvalue weighted by Gasteiger charge is 2.33. The van der Waals surface area contributed by atoms with Crippen molar-refractivity contribution in [3.8, 4) is 17.4 Å². The van der Waals surface area contributed by atoms with Gasteiger partial charge < -0.3 is 4.42 Å². The number of halogens is 1. The largest absolute Gasteiger partial charge is 0.457 e. The summed E-state index contributed by atoms with van der Waals surface area (Å²) in [6.45, 7) is 1.58. The zero-order valence-corrected chi connectivity index (χ0v) is 14.3. The number of amides is 2. The Bertz CT molecular complexity index is 992. The van der Waals surface area contributed by atoms with E-state index in [-0.39, 0.29) is 11.1 Å². The van der Waals surface area contributed by atoms with E-state index in [1.807, 2.05) is 18.2 Å². The Balaban J connectivity index is 2.04. The van der Waals surface area contributed by atoms with Crippen molar-refractivity contribution in [1.82, 2.24) is 4.90 Å². The standard InChI is InChI=1S/C19H13ClN2O3/c1-11-15(18(23)22(2)19(24)16(11)10-21)9-14-6-7-17(25-14)12-4-3-5-13(20)8-12/h3-9H,1-2H3/b15-9+. The van der Waals surface area contributed by atoms with Crippen LogP contribution in [0.3, 0.4) is 0 Å². The van der Waals surface area contributed by atoms with Gasteiger partial charge in [-0.25, -0.2) is 0 Å². The summed E-state index contributed by atoms with van der Waals surface area (Å²) in [4.78, 5) is 25.3. The molecular weight excluding hydrogens is 340 g/mol. The normalized spacial score (nSPS) is 16.6. The second-order valence-corrected chi connectivity index (χ2v) is 5.99. The van der Waals surface area contributed by atoms with E-state index in [0.717, 1.165) is 10.5 Å². The number of carbonyl (C=O) groups excluding carboxylic acids is 2. The van der Waals surface area contributed by atoms with Gasteiger partial charge in [0.15, 0.2) is 0 Å².